The number of nitrogens with zero attached hydrogens (tertiary/aromatic N) is 2. The van der Waals surface area contributed by atoms with Crippen molar-refractivity contribution in [3.05, 3.63) is 94.5 Å². The molecule has 1 aliphatic rings. The van der Waals surface area contributed by atoms with Crippen LogP contribution in [0.1, 0.15) is 26.9 Å². The number of hydrogen-bond acceptors (Lipinski definition) is 12. The first-order chi connectivity index (χ1) is 19.3. The lowest BCUT2D eigenvalue weighted by molar-refractivity contribution is -0.0558. The first-order valence-electron chi connectivity index (χ1n) is 11.9. The number of rotatable bonds is 10. The lowest BCUT2D eigenvalue weighted by Crippen LogP contribution is -2.42. The third-order valence-electron chi connectivity index (χ3n) is 5.63. The van der Waals surface area contributed by atoms with Crippen molar-refractivity contribution < 1.29 is 44.3 Å². The highest BCUT2D eigenvalue weighted by Gasteiger charge is 2.51. The van der Waals surface area contributed by atoms with Gasteiger partial charge in [0.15, 0.2) is 12.3 Å². The maximum atomic E-state index is 13.0. The van der Waals surface area contributed by atoms with Gasteiger partial charge in [0.25, 0.3) is 26.1 Å². The van der Waals surface area contributed by atoms with Crippen molar-refractivity contribution in [3.63, 3.8) is 0 Å². The molecule has 41 heavy (non-hydrogen) atoms. The van der Waals surface area contributed by atoms with Crippen molar-refractivity contribution in [1.82, 2.24) is 9.55 Å². The van der Waals surface area contributed by atoms with Crippen LogP contribution in [0.5, 0.6) is 0 Å². The Bertz CT molecular complexity index is 1680. The summed E-state index contributed by atoms with van der Waals surface area (Å²) in [6.45, 7) is -0.582. The fourth-order valence-electron chi connectivity index (χ4n) is 3.96. The van der Waals surface area contributed by atoms with Crippen LogP contribution in [0.25, 0.3) is 0 Å². The molecule has 1 fully saturated rings. The van der Waals surface area contributed by atoms with Crippen LogP contribution in [0.2, 0.25) is 0 Å². The molecule has 0 spiro atoms. The zero-order valence-corrected chi connectivity index (χ0v) is 23.3. The lowest BCUT2D eigenvalue weighted by Gasteiger charge is -2.23. The van der Waals surface area contributed by atoms with Crippen molar-refractivity contribution in [2.75, 3.05) is 24.4 Å². The van der Waals surface area contributed by atoms with Gasteiger partial charge in [0.2, 0.25) is 0 Å². The number of ether oxygens (including phenoxy) is 2. The predicted molar refractivity (Wildman–Crippen MR) is 143 cm³/mol. The molecule has 4 rings (SSSR count). The Kier molecular flexibility index (Phi) is 8.98. The molecule has 218 valence electrons. The van der Waals surface area contributed by atoms with E-state index in [9.17, 15) is 31.2 Å². The highest BCUT2D eigenvalue weighted by Crippen LogP contribution is 2.35. The molecule has 2 heterocycles. The molecule has 0 bridgehead atoms. The van der Waals surface area contributed by atoms with Gasteiger partial charge in [0.1, 0.15) is 24.6 Å². The first-order valence-corrected chi connectivity index (χ1v) is 15.5. The molecule has 1 amide bonds. The highest BCUT2D eigenvalue weighted by molar-refractivity contribution is 7.86. The summed E-state index contributed by atoms with van der Waals surface area (Å²) in [6.07, 6.45) is -3.76. The van der Waals surface area contributed by atoms with Crippen molar-refractivity contribution in [2.24, 2.45) is 0 Å². The maximum absolute atomic E-state index is 13.0. The fraction of sp³-hybridized carbons (Fsp3) is 0.280. The van der Waals surface area contributed by atoms with Crippen LogP contribution in [0, 0.1) is 0 Å². The summed E-state index contributed by atoms with van der Waals surface area (Å²) in [5.74, 6) is -1.42. The minimum atomic E-state index is -4.26. The Morgan fingerprint density at radius 2 is 1.44 bits per heavy atom. The van der Waals surface area contributed by atoms with E-state index in [1.54, 1.807) is 48.5 Å². The van der Waals surface area contributed by atoms with Crippen LogP contribution >= 0.6 is 0 Å². The number of carbonyl (C=O) groups is 2. The molecular formula is C25H25N3O11S2. The molecule has 1 aliphatic heterocycles. The van der Waals surface area contributed by atoms with E-state index < -0.39 is 68.9 Å². The van der Waals surface area contributed by atoms with E-state index in [0.29, 0.717) is 11.8 Å². The van der Waals surface area contributed by atoms with E-state index in [1.807, 2.05) is 0 Å². The van der Waals surface area contributed by atoms with Crippen LogP contribution in [0.3, 0.4) is 0 Å². The van der Waals surface area contributed by atoms with Gasteiger partial charge < -0.3 is 14.8 Å². The largest absolute Gasteiger partial charge is 0.459 e. The monoisotopic (exact) mass is 607 g/mol. The molecule has 3 aromatic rings. The maximum Gasteiger partial charge on any atom is 0.351 e. The molecule has 0 radical (unpaired) electrons. The van der Waals surface area contributed by atoms with Gasteiger partial charge in [-0.25, -0.2) is 9.59 Å². The number of hydrogen-bond donors (Lipinski definition) is 1. The van der Waals surface area contributed by atoms with Crippen LogP contribution in [-0.2, 0) is 38.1 Å². The second kappa shape index (κ2) is 12.3. The minimum absolute atomic E-state index is 0.115. The van der Waals surface area contributed by atoms with Gasteiger partial charge >= 0.3 is 11.7 Å². The summed E-state index contributed by atoms with van der Waals surface area (Å²) in [6, 6.07) is 17.3. The molecule has 2 aromatic carbocycles. The average Bonchev–Trinajstić information content (AvgIpc) is 3.22. The fourth-order valence-corrected chi connectivity index (χ4v) is 5.20. The van der Waals surface area contributed by atoms with Crippen LogP contribution in [0.4, 0.5) is 5.82 Å². The number of esters is 1. The van der Waals surface area contributed by atoms with Crippen molar-refractivity contribution >= 4 is 37.9 Å². The van der Waals surface area contributed by atoms with Gasteiger partial charge in [-0.1, -0.05) is 36.4 Å². The second-order valence-electron chi connectivity index (χ2n) is 8.88. The lowest BCUT2D eigenvalue weighted by atomic mass is 10.1. The molecular weight excluding hydrogens is 582 g/mol. The SMILES string of the molecule is CS(=O)(=O)O[C@@H]1[C@H](OS(C)(=O)=O)[C@@H](COC(=O)c2ccccc2)O[C@H]1n1ccc(NC(=O)c2ccccc2)nc1=O. The molecule has 4 atom stereocenters. The quantitative estimate of drug-likeness (QED) is 0.254. The molecule has 0 aliphatic carbocycles. The Morgan fingerprint density at radius 3 is 2.00 bits per heavy atom. The van der Waals surface area contributed by atoms with Crippen LogP contribution < -0.4 is 11.0 Å². The van der Waals surface area contributed by atoms with Gasteiger partial charge in [-0.2, -0.15) is 21.8 Å². The Labute approximate surface area is 235 Å². The number of anilines is 1. The van der Waals surface area contributed by atoms with Gasteiger partial charge in [-0.3, -0.25) is 17.7 Å². The normalized spacial score (nSPS) is 20.8. The smallest absolute Gasteiger partial charge is 0.351 e. The van der Waals surface area contributed by atoms with Gasteiger partial charge in [-0.05, 0) is 30.3 Å². The second-order valence-corrected chi connectivity index (χ2v) is 12.1. The molecule has 1 saturated heterocycles. The standard InChI is InChI=1S/C25H25N3O11S2/c1-40(32,33)38-20-18(15-36-24(30)17-11-7-4-8-12-17)37-23(21(20)39-41(2,34)35)28-14-13-19(27-25(28)31)26-22(29)16-9-5-3-6-10-16/h3-14,18,20-21,23H,15H2,1-2H3,(H,26,27,29,31)/t18-,20-,21-,23-/m1/s1. The molecule has 14 nitrogen and oxygen atoms in total. The molecule has 1 N–H and O–H groups in total. The van der Waals surface area contributed by atoms with Gasteiger partial charge in [0, 0.05) is 11.8 Å². The summed E-state index contributed by atoms with van der Waals surface area (Å²) >= 11 is 0. The van der Waals surface area contributed by atoms with E-state index >= 15 is 0 Å². The summed E-state index contributed by atoms with van der Waals surface area (Å²) in [7, 11) is -8.49. The number of carbonyl (C=O) groups excluding carboxylic acids is 2. The van der Waals surface area contributed by atoms with Crippen molar-refractivity contribution in [2.45, 2.75) is 24.5 Å². The summed E-state index contributed by atoms with van der Waals surface area (Å²) in [5, 5.41) is 2.47. The molecule has 0 saturated carbocycles. The van der Waals surface area contributed by atoms with E-state index in [4.69, 9.17) is 17.8 Å². The predicted octanol–water partition coefficient (Wildman–Crippen LogP) is 0.940. The molecule has 0 unspecified atom stereocenters. The highest BCUT2D eigenvalue weighted by atomic mass is 32.2. The zero-order valence-electron chi connectivity index (χ0n) is 21.6. The third-order valence-corrected chi connectivity index (χ3v) is 6.77. The Hall–Kier alpha value is -3.96. The topological polar surface area (TPSA) is 186 Å². The summed E-state index contributed by atoms with van der Waals surface area (Å²) < 4.78 is 70.5. The summed E-state index contributed by atoms with van der Waals surface area (Å²) in [5.41, 5.74) is -0.490. The molecule has 1 aromatic heterocycles. The number of aromatic nitrogens is 2. The number of nitrogens with one attached hydrogen (secondary N) is 1. The number of benzene rings is 2. The first kappa shape index (κ1) is 30.0. The van der Waals surface area contributed by atoms with Crippen LogP contribution in [-0.4, -0.2) is 75.7 Å². The van der Waals surface area contributed by atoms with Gasteiger partial charge in [-0.15, -0.1) is 0 Å². The Balaban J connectivity index is 1.63. The van der Waals surface area contributed by atoms with Crippen molar-refractivity contribution in [1.29, 1.82) is 0 Å². The van der Waals surface area contributed by atoms with E-state index in [2.05, 4.69) is 10.3 Å². The third kappa shape index (κ3) is 8.05. The summed E-state index contributed by atoms with van der Waals surface area (Å²) in [4.78, 5) is 41.7. The Morgan fingerprint density at radius 1 is 0.878 bits per heavy atom. The molecule has 16 heteroatoms. The average molecular weight is 608 g/mol. The van der Waals surface area contributed by atoms with E-state index in [-0.39, 0.29) is 11.4 Å². The van der Waals surface area contributed by atoms with Crippen molar-refractivity contribution in [3.8, 4) is 0 Å². The zero-order chi connectivity index (χ0) is 29.8. The van der Waals surface area contributed by atoms with E-state index in [1.165, 1.54) is 18.2 Å². The minimum Gasteiger partial charge on any atom is -0.459 e. The van der Waals surface area contributed by atoms with Gasteiger partial charge in [0.05, 0.1) is 18.1 Å². The van der Waals surface area contributed by atoms with E-state index in [0.717, 1.165) is 17.0 Å². The van der Waals surface area contributed by atoms with Crippen LogP contribution in [0.15, 0.2) is 77.7 Å². The number of amides is 1.